The third-order valence-electron chi connectivity index (χ3n) is 4.83. The van der Waals surface area contributed by atoms with E-state index in [0.717, 1.165) is 15.6 Å². The second-order valence-electron chi connectivity index (χ2n) is 6.72. The second-order valence-corrected chi connectivity index (χ2v) is 7.10. The van der Waals surface area contributed by atoms with Crippen LogP contribution in [-0.4, -0.2) is 45.3 Å². The number of rotatable bonds is 1. The van der Waals surface area contributed by atoms with E-state index in [1.54, 1.807) is 0 Å². The number of alkyl halides is 5. The van der Waals surface area contributed by atoms with Gasteiger partial charge in [0, 0.05) is 31.5 Å². The molecule has 2 amide bonds. The van der Waals surface area contributed by atoms with Crippen molar-refractivity contribution in [1.29, 1.82) is 0 Å². The third-order valence-corrected chi connectivity index (χ3v) is 5.01. The van der Waals surface area contributed by atoms with Crippen LogP contribution in [-0.2, 0) is 0 Å². The standard InChI is InChI=1S/C15H13ClF5N5O/c16-10-3-11-22-5-9-12(26(11)24-10)8(15(19,20)21)6-25(9)13(27)23-7-1-2-14(17,18)4-7/h3,5,7-8H,1-2,4,6H2,(H,23,27)/t7?,8-/m1/s1. The SMILES string of the molecule is O=C(NC1CCC(F)(F)C1)N1C[C@@H](C(F)(F)F)c2c1cnc1cc(Cl)nn21. The van der Waals surface area contributed by atoms with E-state index in [2.05, 4.69) is 15.4 Å². The van der Waals surface area contributed by atoms with Crippen molar-refractivity contribution in [3.05, 3.63) is 23.1 Å². The molecule has 6 nitrogen and oxygen atoms in total. The highest BCUT2D eigenvalue weighted by Crippen LogP contribution is 2.45. The predicted octanol–water partition coefficient (Wildman–Crippen LogP) is 3.75. The van der Waals surface area contributed by atoms with Gasteiger partial charge in [0.25, 0.3) is 0 Å². The van der Waals surface area contributed by atoms with Crippen molar-refractivity contribution >= 4 is 29.0 Å². The topological polar surface area (TPSA) is 62.5 Å². The van der Waals surface area contributed by atoms with E-state index in [4.69, 9.17) is 11.6 Å². The summed E-state index contributed by atoms with van der Waals surface area (Å²) >= 11 is 5.77. The van der Waals surface area contributed by atoms with Crippen LogP contribution >= 0.6 is 11.6 Å². The molecule has 2 aromatic heterocycles. The molecule has 1 aliphatic heterocycles. The summed E-state index contributed by atoms with van der Waals surface area (Å²) < 4.78 is 68.3. The van der Waals surface area contributed by atoms with Crippen LogP contribution in [0.1, 0.15) is 30.9 Å². The Labute approximate surface area is 154 Å². The van der Waals surface area contributed by atoms with Gasteiger partial charge < -0.3 is 5.32 Å². The number of carbonyl (C=O) groups is 1. The highest BCUT2D eigenvalue weighted by Gasteiger charge is 2.51. The summed E-state index contributed by atoms with van der Waals surface area (Å²) in [7, 11) is 0. The molecule has 2 aliphatic rings. The Morgan fingerprint density at radius 3 is 2.74 bits per heavy atom. The summed E-state index contributed by atoms with van der Waals surface area (Å²) in [6.07, 6.45) is -4.34. The Balaban J connectivity index is 1.68. The van der Waals surface area contributed by atoms with Crippen LogP contribution in [0.25, 0.3) is 5.65 Å². The van der Waals surface area contributed by atoms with Gasteiger partial charge in [0.2, 0.25) is 5.92 Å². The predicted molar refractivity (Wildman–Crippen MR) is 85.3 cm³/mol. The van der Waals surface area contributed by atoms with Gasteiger partial charge in [-0.15, -0.1) is 0 Å². The summed E-state index contributed by atoms with van der Waals surface area (Å²) in [6, 6.07) is -0.361. The Hall–Kier alpha value is -2.17. The lowest BCUT2D eigenvalue weighted by Gasteiger charge is -2.21. The Bertz CT molecular complexity index is 914. The molecule has 1 unspecified atom stereocenters. The van der Waals surface area contributed by atoms with Crippen molar-refractivity contribution < 1.29 is 26.7 Å². The number of hydrogen-bond acceptors (Lipinski definition) is 3. The summed E-state index contributed by atoms with van der Waals surface area (Å²) in [4.78, 5) is 17.4. The number of nitrogens with zero attached hydrogens (tertiary/aromatic N) is 4. The van der Waals surface area contributed by atoms with Crippen LogP contribution in [0.4, 0.5) is 32.4 Å². The smallest absolute Gasteiger partial charge is 0.335 e. The van der Waals surface area contributed by atoms with Crippen molar-refractivity contribution in [2.75, 3.05) is 11.4 Å². The molecule has 3 heterocycles. The van der Waals surface area contributed by atoms with Gasteiger partial charge in [0.05, 0.1) is 17.6 Å². The highest BCUT2D eigenvalue weighted by molar-refractivity contribution is 6.29. The van der Waals surface area contributed by atoms with Gasteiger partial charge in [0.15, 0.2) is 10.8 Å². The van der Waals surface area contributed by atoms with E-state index in [0.29, 0.717) is 0 Å². The number of aromatic nitrogens is 3. The van der Waals surface area contributed by atoms with Crippen LogP contribution in [0, 0.1) is 0 Å². The first-order valence-corrected chi connectivity index (χ1v) is 8.50. The zero-order valence-electron chi connectivity index (χ0n) is 13.6. The molecular weight excluding hydrogens is 397 g/mol. The summed E-state index contributed by atoms with van der Waals surface area (Å²) in [6.45, 7) is -0.688. The van der Waals surface area contributed by atoms with Crippen molar-refractivity contribution in [3.63, 3.8) is 0 Å². The first-order valence-electron chi connectivity index (χ1n) is 8.12. The first kappa shape index (κ1) is 18.2. The average molecular weight is 410 g/mol. The number of anilines is 1. The van der Waals surface area contributed by atoms with Crippen molar-refractivity contribution in [3.8, 4) is 0 Å². The van der Waals surface area contributed by atoms with Crippen LogP contribution in [0.15, 0.2) is 12.3 Å². The second kappa shape index (κ2) is 5.91. The van der Waals surface area contributed by atoms with Crippen LogP contribution in [0.2, 0.25) is 5.15 Å². The molecule has 27 heavy (non-hydrogen) atoms. The largest absolute Gasteiger partial charge is 0.399 e. The monoisotopic (exact) mass is 409 g/mol. The Kier molecular flexibility index (Phi) is 3.99. The minimum absolute atomic E-state index is 0.0343. The van der Waals surface area contributed by atoms with E-state index in [-0.39, 0.29) is 35.0 Å². The summed E-state index contributed by atoms with van der Waals surface area (Å²) in [5.74, 6) is -4.88. The number of urea groups is 1. The fourth-order valence-electron chi connectivity index (χ4n) is 3.59. The summed E-state index contributed by atoms with van der Waals surface area (Å²) in [5.41, 5.74) is -0.219. The maximum Gasteiger partial charge on any atom is 0.399 e. The number of nitrogens with one attached hydrogen (secondary N) is 1. The van der Waals surface area contributed by atoms with Gasteiger partial charge >= 0.3 is 12.2 Å². The fraction of sp³-hybridized carbons (Fsp3) is 0.533. The molecule has 1 fully saturated rings. The molecule has 0 spiro atoms. The number of carbonyl (C=O) groups excluding carboxylic acids is 1. The van der Waals surface area contributed by atoms with Gasteiger partial charge in [-0.25, -0.2) is 23.1 Å². The van der Waals surface area contributed by atoms with Gasteiger partial charge in [-0.1, -0.05) is 11.6 Å². The van der Waals surface area contributed by atoms with Gasteiger partial charge in [-0.3, -0.25) is 4.90 Å². The van der Waals surface area contributed by atoms with Crippen LogP contribution in [0.3, 0.4) is 0 Å². The minimum atomic E-state index is -4.64. The van der Waals surface area contributed by atoms with E-state index in [1.807, 2.05) is 0 Å². The molecule has 0 radical (unpaired) electrons. The Morgan fingerprint density at radius 1 is 1.37 bits per heavy atom. The van der Waals surface area contributed by atoms with E-state index in [1.165, 1.54) is 6.07 Å². The lowest BCUT2D eigenvalue weighted by Crippen LogP contribution is -2.44. The maximum absolute atomic E-state index is 13.6. The van der Waals surface area contributed by atoms with Crippen LogP contribution < -0.4 is 10.2 Å². The molecule has 2 atom stereocenters. The third kappa shape index (κ3) is 3.17. The normalized spacial score (nSPS) is 24.4. The molecule has 1 saturated carbocycles. The van der Waals surface area contributed by atoms with E-state index < -0.39 is 43.1 Å². The number of halogens is 6. The van der Waals surface area contributed by atoms with Crippen LogP contribution in [0.5, 0.6) is 0 Å². The molecule has 0 bridgehead atoms. The van der Waals surface area contributed by atoms with Gasteiger partial charge in [-0.2, -0.15) is 18.3 Å². The quantitative estimate of drug-likeness (QED) is 0.730. The Morgan fingerprint density at radius 2 is 2.11 bits per heavy atom. The zero-order valence-corrected chi connectivity index (χ0v) is 14.4. The van der Waals surface area contributed by atoms with Crippen molar-refractivity contribution in [2.24, 2.45) is 0 Å². The maximum atomic E-state index is 13.6. The molecular formula is C15H13ClF5N5O. The molecule has 2 aromatic rings. The number of hydrogen-bond donors (Lipinski definition) is 1. The van der Waals surface area contributed by atoms with Crippen molar-refractivity contribution in [1.82, 2.24) is 19.9 Å². The molecule has 0 aromatic carbocycles. The minimum Gasteiger partial charge on any atom is -0.335 e. The highest BCUT2D eigenvalue weighted by atomic mass is 35.5. The fourth-order valence-corrected chi connectivity index (χ4v) is 3.77. The van der Waals surface area contributed by atoms with Crippen molar-refractivity contribution in [2.45, 2.75) is 43.3 Å². The van der Waals surface area contributed by atoms with Gasteiger partial charge in [0.1, 0.15) is 5.92 Å². The molecule has 146 valence electrons. The molecule has 1 N–H and O–H groups in total. The molecule has 4 rings (SSSR count). The first-order chi connectivity index (χ1) is 12.5. The molecule has 1 aliphatic carbocycles. The number of fused-ring (bicyclic) bond motifs is 3. The number of amides is 2. The van der Waals surface area contributed by atoms with Gasteiger partial charge in [-0.05, 0) is 6.42 Å². The van der Waals surface area contributed by atoms with E-state index >= 15 is 0 Å². The lowest BCUT2D eigenvalue weighted by atomic mass is 10.1. The summed E-state index contributed by atoms with van der Waals surface area (Å²) in [5, 5.41) is 6.19. The van der Waals surface area contributed by atoms with E-state index in [9.17, 15) is 26.7 Å². The average Bonchev–Trinajstić information content (AvgIpc) is 3.19. The zero-order chi connectivity index (χ0) is 19.6. The lowest BCUT2D eigenvalue weighted by molar-refractivity contribution is -0.147. The molecule has 0 saturated heterocycles. The molecule has 12 heteroatoms.